The lowest BCUT2D eigenvalue weighted by Crippen LogP contribution is -2.36. The van der Waals surface area contributed by atoms with Crippen LogP contribution in [0.5, 0.6) is 0 Å². The number of alkyl halides is 3. The summed E-state index contributed by atoms with van der Waals surface area (Å²) in [5, 5.41) is 4.92. The maximum atomic E-state index is 12.8. The van der Waals surface area contributed by atoms with Crippen molar-refractivity contribution in [3.05, 3.63) is 54.1 Å². The van der Waals surface area contributed by atoms with Gasteiger partial charge >= 0.3 is 6.18 Å². The Kier molecular flexibility index (Phi) is 6.40. The maximum absolute atomic E-state index is 12.8. The molecule has 0 fully saturated rings. The van der Waals surface area contributed by atoms with Crippen molar-refractivity contribution >= 4 is 34.8 Å². The van der Waals surface area contributed by atoms with E-state index < -0.39 is 30.1 Å². The van der Waals surface area contributed by atoms with Crippen LogP contribution in [-0.2, 0) is 20.6 Å². The van der Waals surface area contributed by atoms with E-state index in [0.717, 1.165) is 17.0 Å². The molecule has 6 nitrogen and oxygen atoms in total. The summed E-state index contributed by atoms with van der Waals surface area (Å²) in [5.74, 6) is -1.41. The molecular weight excluding hydrogens is 375 g/mol. The largest absolute Gasteiger partial charge is 0.416 e. The third-order valence-electron chi connectivity index (χ3n) is 3.63. The molecule has 0 spiro atoms. The third kappa shape index (κ3) is 5.83. The molecule has 0 atom stereocenters. The number of carbonyl (C=O) groups excluding carboxylic acids is 3. The molecule has 9 heteroatoms. The van der Waals surface area contributed by atoms with Crippen molar-refractivity contribution in [2.24, 2.45) is 0 Å². The molecule has 0 aromatic heterocycles. The first-order chi connectivity index (χ1) is 13.1. The number of carbonyl (C=O) groups is 3. The molecule has 28 heavy (non-hydrogen) atoms. The molecule has 0 aliphatic rings. The molecular formula is C19H18F3N3O3. The standard InChI is InChI=1S/C19H18F3N3O3/c1-12(26)23-16-7-4-8-17(10-16)25(13(2)27)11-18(28)24-15-6-3-5-14(9-15)19(20,21)22/h3-10H,11H2,1-2H3,(H,23,26)(H,24,28). The SMILES string of the molecule is CC(=O)Nc1cccc(N(CC(=O)Nc2cccc(C(F)(F)F)c2)C(C)=O)c1. The molecule has 2 N–H and O–H groups in total. The van der Waals surface area contributed by atoms with Crippen LogP contribution in [-0.4, -0.2) is 24.3 Å². The number of halogens is 3. The summed E-state index contributed by atoms with van der Waals surface area (Å²) in [6.45, 7) is 2.18. The lowest BCUT2D eigenvalue weighted by molar-refractivity contribution is -0.137. The zero-order valence-electron chi connectivity index (χ0n) is 15.1. The summed E-state index contributed by atoms with van der Waals surface area (Å²) in [6.07, 6.45) is -4.53. The Labute approximate surface area is 159 Å². The van der Waals surface area contributed by atoms with Crippen LogP contribution < -0.4 is 15.5 Å². The van der Waals surface area contributed by atoms with Gasteiger partial charge in [-0.25, -0.2) is 0 Å². The Morgan fingerprint density at radius 2 is 1.54 bits per heavy atom. The fraction of sp³-hybridized carbons (Fsp3) is 0.211. The fourth-order valence-electron chi connectivity index (χ4n) is 2.46. The number of amides is 3. The van der Waals surface area contributed by atoms with E-state index in [1.165, 1.54) is 32.0 Å². The number of hydrogen-bond donors (Lipinski definition) is 2. The van der Waals surface area contributed by atoms with Crippen LogP contribution in [0.3, 0.4) is 0 Å². The van der Waals surface area contributed by atoms with Crippen LogP contribution in [0, 0.1) is 0 Å². The molecule has 0 unspecified atom stereocenters. The van der Waals surface area contributed by atoms with Crippen LogP contribution in [0.1, 0.15) is 19.4 Å². The van der Waals surface area contributed by atoms with Crippen molar-refractivity contribution in [3.63, 3.8) is 0 Å². The second kappa shape index (κ2) is 8.55. The van der Waals surface area contributed by atoms with Crippen LogP contribution in [0.25, 0.3) is 0 Å². The van der Waals surface area contributed by atoms with Crippen molar-refractivity contribution in [3.8, 4) is 0 Å². The minimum absolute atomic E-state index is 0.0321. The van der Waals surface area contributed by atoms with Gasteiger partial charge in [-0.1, -0.05) is 12.1 Å². The van der Waals surface area contributed by atoms with E-state index in [1.807, 2.05) is 0 Å². The average molecular weight is 393 g/mol. The van der Waals surface area contributed by atoms with Crippen molar-refractivity contribution in [2.75, 3.05) is 22.1 Å². The molecule has 2 aromatic carbocycles. The van der Waals surface area contributed by atoms with Crippen molar-refractivity contribution in [1.29, 1.82) is 0 Å². The van der Waals surface area contributed by atoms with Gasteiger partial charge in [-0.3, -0.25) is 14.4 Å². The van der Waals surface area contributed by atoms with E-state index in [4.69, 9.17) is 0 Å². The molecule has 0 saturated heterocycles. The zero-order chi connectivity index (χ0) is 20.9. The Bertz CT molecular complexity index is 897. The number of anilines is 3. The predicted octanol–water partition coefficient (Wildman–Crippen LogP) is 3.66. The first kappa shape index (κ1) is 20.9. The maximum Gasteiger partial charge on any atom is 0.416 e. The molecule has 0 aliphatic carbocycles. The van der Waals surface area contributed by atoms with E-state index in [-0.39, 0.29) is 11.6 Å². The Morgan fingerprint density at radius 1 is 0.929 bits per heavy atom. The Hall–Kier alpha value is -3.36. The van der Waals surface area contributed by atoms with Crippen LogP contribution in [0.4, 0.5) is 30.2 Å². The number of nitrogens with one attached hydrogen (secondary N) is 2. The van der Waals surface area contributed by atoms with E-state index in [1.54, 1.807) is 18.2 Å². The number of rotatable bonds is 5. The minimum Gasteiger partial charge on any atom is -0.326 e. The van der Waals surface area contributed by atoms with Crippen LogP contribution in [0.2, 0.25) is 0 Å². The Balaban J connectivity index is 2.16. The summed E-state index contributed by atoms with van der Waals surface area (Å²) >= 11 is 0. The quantitative estimate of drug-likeness (QED) is 0.814. The highest BCUT2D eigenvalue weighted by Gasteiger charge is 2.30. The zero-order valence-corrected chi connectivity index (χ0v) is 15.1. The topological polar surface area (TPSA) is 78.5 Å². The van der Waals surface area contributed by atoms with Gasteiger partial charge in [0, 0.05) is 30.9 Å². The first-order valence-corrected chi connectivity index (χ1v) is 8.19. The van der Waals surface area contributed by atoms with Crippen LogP contribution >= 0.6 is 0 Å². The van der Waals surface area contributed by atoms with Gasteiger partial charge in [0.1, 0.15) is 6.54 Å². The molecule has 2 aromatic rings. The first-order valence-electron chi connectivity index (χ1n) is 8.19. The lowest BCUT2D eigenvalue weighted by Gasteiger charge is -2.21. The van der Waals surface area contributed by atoms with Crippen molar-refractivity contribution in [1.82, 2.24) is 0 Å². The smallest absolute Gasteiger partial charge is 0.326 e. The van der Waals surface area contributed by atoms with Gasteiger partial charge in [-0.2, -0.15) is 13.2 Å². The average Bonchev–Trinajstić information content (AvgIpc) is 2.58. The van der Waals surface area contributed by atoms with E-state index in [9.17, 15) is 27.6 Å². The third-order valence-corrected chi connectivity index (χ3v) is 3.63. The molecule has 2 rings (SSSR count). The van der Waals surface area contributed by atoms with Gasteiger partial charge in [-0.15, -0.1) is 0 Å². The van der Waals surface area contributed by atoms with Crippen molar-refractivity contribution in [2.45, 2.75) is 20.0 Å². The van der Waals surface area contributed by atoms with Crippen LogP contribution in [0.15, 0.2) is 48.5 Å². The molecule has 0 bridgehead atoms. The van der Waals surface area contributed by atoms with Gasteiger partial charge < -0.3 is 15.5 Å². The molecule has 148 valence electrons. The second-order valence-corrected chi connectivity index (χ2v) is 5.96. The van der Waals surface area contributed by atoms with E-state index >= 15 is 0 Å². The van der Waals surface area contributed by atoms with Gasteiger partial charge in [0.15, 0.2) is 0 Å². The Morgan fingerprint density at radius 3 is 2.11 bits per heavy atom. The second-order valence-electron chi connectivity index (χ2n) is 5.96. The lowest BCUT2D eigenvalue weighted by atomic mass is 10.2. The van der Waals surface area contributed by atoms with Gasteiger partial charge in [-0.05, 0) is 36.4 Å². The van der Waals surface area contributed by atoms with E-state index in [0.29, 0.717) is 11.4 Å². The summed E-state index contributed by atoms with van der Waals surface area (Å²) in [6, 6.07) is 10.5. The van der Waals surface area contributed by atoms with Gasteiger partial charge in [0.25, 0.3) is 0 Å². The highest BCUT2D eigenvalue weighted by atomic mass is 19.4. The number of hydrogen-bond acceptors (Lipinski definition) is 3. The fourth-order valence-corrected chi connectivity index (χ4v) is 2.46. The number of benzene rings is 2. The number of nitrogens with zero attached hydrogens (tertiary/aromatic N) is 1. The van der Waals surface area contributed by atoms with Crippen molar-refractivity contribution < 1.29 is 27.6 Å². The van der Waals surface area contributed by atoms with E-state index in [2.05, 4.69) is 10.6 Å². The highest BCUT2D eigenvalue weighted by Crippen LogP contribution is 2.30. The predicted molar refractivity (Wildman–Crippen MR) is 98.8 cm³/mol. The summed E-state index contributed by atoms with van der Waals surface area (Å²) < 4.78 is 38.3. The molecule has 0 aliphatic heterocycles. The van der Waals surface area contributed by atoms with Gasteiger partial charge in [0.2, 0.25) is 17.7 Å². The molecule has 0 radical (unpaired) electrons. The molecule has 3 amide bonds. The summed E-state index contributed by atoms with van der Waals surface area (Å²) in [7, 11) is 0. The molecule has 0 heterocycles. The van der Waals surface area contributed by atoms with Gasteiger partial charge in [0.05, 0.1) is 5.56 Å². The summed E-state index contributed by atoms with van der Waals surface area (Å²) in [4.78, 5) is 36.5. The minimum atomic E-state index is -4.53. The monoisotopic (exact) mass is 393 g/mol. The molecule has 0 saturated carbocycles. The highest BCUT2D eigenvalue weighted by molar-refractivity contribution is 6.02. The normalized spacial score (nSPS) is 10.9. The summed E-state index contributed by atoms with van der Waals surface area (Å²) in [5.41, 5.74) is -0.125.